The van der Waals surface area contributed by atoms with Crippen molar-refractivity contribution in [1.29, 1.82) is 0 Å². The van der Waals surface area contributed by atoms with Crippen LogP contribution in [0.2, 0.25) is 19.6 Å². The van der Waals surface area contributed by atoms with Crippen LogP contribution >= 0.6 is 21.6 Å². The Kier molecular flexibility index (Phi) is 6.29. The van der Waals surface area contributed by atoms with Crippen LogP contribution in [-0.4, -0.2) is 25.3 Å². The molecule has 0 N–H and O–H groups in total. The summed E-state index contributed by atoms with van der Waals surface area (Å²) in [5, 5.41) is 0.831. The molecule has 1 aliphatic heterocycles. The Balaban J connectivity index is 2.00. The maximum atomic E-state index is 11.5. The average Bonchev–Trinajstić information content (AvgIpc) is 2.62. The van der Waals surface area contributed by atoms with Gasteiger partial charge in [-0.15, -0.1) is 0 Å². The van der Waals surface area contributed by atoms with Crippen molar-refractivity contribution in [2.75, 3.05) is 5.75 Å². The van der Waals surface area contributed by atoms with Crippen LogP contribution in [-0.2, 0) is 9.22 Å². The molecule has 94 valence electrons. The van der Waals surface area contributed by atoms with Crippen LogP contribution in [0.5, 0.6) is 0 Å². The van der Waals surface area contributed by atoms with Gasteiger partial charge in [0.1, 0.15) is 0 Å². The minimum atomic E-state index is -1.66. The Morgan fingerprint density at radius 2 is 2.12 bits per heavy atom. The van der Waals surface area contributed by atoms with E-state index in [0.717, 1.165) is 11.7 Å². The molecule has 1 atom stereocenters. The SMILES string of the molecule is C[Si](C)(C)OC(=O)CCCCC1CCSS1. The predicted molar refractivity (Wildman–Crippen MR) is 76.4 cm³/mol. The zero-order valence-electron chi connectivity index (χ0n) is 10.5. The van der Waals surface area contributed by atoms with Crippen LogP contribution in [0.1, 0.15) is 32.1 Å². The molecule has 1 fully saturated rings. The standard InChI is InChI=1S/C11H22O2S2Si/c1-16(2,3)13-11(12)7-5-4-6-10-8-9-14-15-10/h10H,4-9H2,1-3H3. The molecule has 1 saturated heterocycles. The van der Waals surface area contributed by atoms with E-state index in [-0.39, 0.29) is 5.97 Å². The fraction of sp³-hybridized carbons (Fsp3) is 0.909. The molecule has 0 aliphatic carbocycles. The molecule has 2 nitrogen and oxygen atoms in total. The van der Waals surface area contributed by atoms with E-state index in [0.29, 0.717) is 6.42 Å². The lowest BCUT2D eigenvalue weighted by Crippen LogP contribution is -2.29. The summed E-state index contributed by atoms with van der Waals surface area (Å²) in [5.74, 6) is 1.31. The van der Waals surface area contributed by atoms with E-state index < -0.39 is 8.32 Å². The molecule has 16 heavy (non-hydrogen) atoms. The zero-order chi connectivity index (χ0) is 12.0. The van der Waals surface area contributed by atoms with Crippen LogP contribution in [0.3, 0.4) is 0 Å². The molecule has 0 bridgehead atoms. The lowest BCUT2D eigenvalue weighted by atomic mass is 10.1. The largest absolute Gasteiger partial charge is 0.520 e. The average molecular weight is 279 g/mol. The van der Waals surface area contributed by atoms with Crippen LogP contribution < -0.4 is 0 Å². The molecular weight excluding hydrogens is 256 g/mol. The quantitative estimate of drug-likeness (QED) is 0.415. The number of unbranched alkanes of at least 4 members (excludes halogenated alkanes) is 1. The van der Waals surface area contributed by atoms with Gasteiger partial charge in [0.15, 0.2) is 0 Å². The second-order valence-corrected chi connectivity index (χ2v) is 12.4. The Labute approximate surface area is 108 Å². The summed E-state index contributed by atoms with van der Waals surface area (Å²) >= 11 is 0. The van der Waals surface area contributed by atoms with Gasteiger partial charge >= 0.3 is 0 Å². The van der Waals surface area contributed by atoms with E-state index in [1.54, 1.807) is 0 Å². The maximum Gasteiger partial charge on any atom is 0.292 e. The first-order valence-electron chi connectivity index (χ1n) is 5.97. The molecule has 0 aromatic rings. The minimum absolute atomic E-state index is 0.00705. The Morgan fingerprint density at radius 3 is 2.69 bits per heavy atom. The highest BCUT2D eigenvalue weighted by Crippen LogP contribution is 2.39. The molecule has 5 heteroatoms. The third-order valence-electron chi connectivity index (χ3n) is 2.30. The summed E-state index contributed by atoms with van der Waals surface area (Å²) in [4.78, 5) is 11.5. The van der Waals surface area contributed by atoms with E-state index in [1.807, 2.05) is 21.6 Å². The first kappa shape index (κ1) is 14.4. The Morgan fingerprint density at radius 1 is 1.38 bits per heavy atom. The van der Waals surface area contributed by atoms with Crippen molar-refractivity contribution in [2.24, 2.45) is 0 Å². The van der Waals surface area contributed by atoms with Gasteiger partial charge in [0.2, 0.25) is 8.32 Å². The van der Waals surface area contributed by atoms with Crippen molar-refractivity contribution in [3.05, 3.63) is 0 Å². The van der Waals surface area contributed by atoms with E-state index in [2.05, 4.69) is 19.6 Å². The number of carbonyl (C=O) groups excluding carboxylic acids is 1. The molecule has 1 rings (SSSR count). The second kappa shape index (κ2) is 6.96. The summed E-state index contributed by atoms with van der Waals surface area (Å²) in [7, 11) is 2.34. The summed E-state index contributed by atoms with van der Waals surface area (Å²) in [5.41, 5.74) is 0. The Hall–Kier alpha value is 0.387. The molecule has 0 aromatic carbocycles. The summed E-state index contributed by atoms with van der Waals surface area (Å²) < 4.78 is 5.40. The van der Waals surface area contributed by atoms with Gasteiger partial charge in [-0.25, -0.2) is 0 Å². The third-order valence-corrected chi connectivity index (χ3v) is 6.15. The highest BCUT2D eigenvalue weighted by atomic mass is 33.1. The molecule has 0 aromatic heterocycles. The fourth-order valence-electron chi connectivity index (χ4n) is 1.60. The van der Waals surface area contributed by atoms with Gasteiger partial charge in [-0.1, -0.05) is 28.0 Å². The predicted octanol–water partition coefficient (Wildman–Crippen LogP) is 4.08. The van der Waals surface area contributed by atoms with Crippen molar-refractivity contribution in [3.8, 4) is 0 Å². The molecule has 0 saturated carbocycles. The monoisotopic (exact) mass is 278 g/mol. The van der Waals surface area contributed by atoms with Crippen molar-refractivity contribution in [1.82, 2.24) is 0 Å². The van der Waals surface area contributed by atoms with Gasteiger partial charge < -0.3 is 4.43 Å². The van der Waals surface area contributed by atoms with Gasteiger partial charge in [0.05, 0.1) is 0 Å². The molecule has 1 heterocycles. The lowest BCUT2D eigenvalue weighted by Gasteiger charge is -2.17. The van der Waals surface area contributed by atoms with Crippen LogP contribution in [0.4, 0.5) is 0 Å². The van der Waals surface area contributed by atoms with Crippen molar-refractivity contribution >= 4 is 35.9 Å². The second-order valence-electron chi connectivity index (χ2n) is 5.16. The number of hydrogen-bond acceptors (Lipinski definition) is 4. The van der Waals surface area contributed by atoms with E-state index in [9.17, 15) is 4.79 Å². The highest BCUT2D eigenvalue weighted by molar-refractivity contribution is 8.77. The van der Waals surface area contributed by atoms with Crippen LogP contribution in [0.15, 0.2) is 0 Å². The first-order valence-corrected chi connectivity index (χ1v) is 11.8. The maximum absolute atomic E-state index is 11.5. The van der Waals surface area contributed by atoms with Gasteiger partial charge in [-0.2, -0.15) is 0 Å². The lowest BCUT2D eigenvalue weighted by molar-refractivity contribution is -0.135. The Bertz CT molecular complexity index is 223. The molecule has 0 spiro atoms. The van der Waals surface area contributed by atoms with Crippen molar-refractivity contribution < 1.29 is 9.22 Å². The zero-order valence-corrected chi connectivity index (χ0v) is 13.1. The van der Waals surface area contributed by atoms with Gasteiger partial charge in [0, 0.05) is 17.4 Å². The van der Waals surface area contributed by atoms with Gasteiger partial charge in [-0.3, -0.25) is 4.79 Å². The van der Waals surface area contributed by atoms with Gasteiger partial charge in [0.25, 0.3) is 5.97 Å². The van der Waals surface area contributed by atoms with Crippen LogP contribution in [0, 0.1) is 0 Å². The van der Waals surface area contributed by atoms with Crippen LogP contribution in [0.25, 0.3) is 0 Å². The molecule has 0 amide bonds. The van der Waals surface area contributed by atoms with Crippen molar-refractivity contribution in [3.63, 3.8) is 0 Å². The molecule has 1 unspecified atom stereocenters. The molecule has 0 radical (unpaired) electrons. The number of carbonyl (C=O) groups is 1. The molecule has 1 aliphatic rings. The first-order chi connectivity index (χ1) is 7.47. The number of rotatable bonds is 6. The van der Waals surface area contributed by atoms with Gasteiger partial charge in [-0.05, 0) is 38.9 Å². The third kappa shape index (κ3) is 6.86. The molecular formula is C11H22O2S2Si. The topological polar surface area (TPSA) is 26.3 Å². The fourth-order valence-corrected chi connectivity index (χ4v) is 5.41. The summed E-state index contributed by atoms with van der Waals surface area (Å²) in [6.45, 7) is 6.16. The normalized spacial score (nSPS) is 21.1. The highest BCUT2D eigenvalue weighted by Gasteiger charge is 2.20. The number of hydrogen-bond donors (Lipinski definition) is 0. The van der Waals surface area contributed by atoms with E-state index >= 15 is 0 Å². The summed E-state index contributed by atoms with van der Waals surface area (Å²) in [6.07, 6.45) is 5.37. The summed E-state index contributed by atoms with van der Waals surface area (Å²) in [6, 6.07) is 0. The minimum Gasteiger partial charge on any atom is -0.520 e. The van der Waals surface area contributed by atoms with E-state index in [1.165, 1.54) is 25.0 Å². The van der Waals surface area contributed by atoms with E-state index in [4.69, 9.17) is 4.43 Å². The smallest absolute Gasteiger partial charge is 0.292 e. The van der Waals surface area contributed by atoms with Crippen molar-refractivity contribution in [2.45, 2.75) is 57.0 Å².